The van der Waals surface area contributed by atoms with E-state index in [1.807, 2.05) is 24.3 Å². The number of nitrogens with zero attached hydrogens (tertiary/aromatic N) is 3. The van der Waals surface area contributed by atoms with Crippen LogP contribution in [0.15, 0.2) is 84.1 Å². The fourth-order valence-electron chi connectivity index (χ4n) is 5.30. The lowest BCUT2D eigenvalue weighted by Gasteiger charge is -2.26. The Balaban J connectivity index is 1.08. The van der Waals surface area contributed by atoms with E-state index in [9.17, 15) is 9.90 Å². The van der Waals surface area contributed by atoms with Gasteiger partial charge in [0.15, 0.2) is 23.1 Å². The first-order valence-electron chi connectivity index (χ1n) is 15.2. The number of hydrogen-bond donors (Lipinski definition) is 3. The number of carbonyl (C=O) groups is 1. The molecule has 0 saturated carbocycles. The minimum absolute atomic E-state index is 0.0247. The predicted molar refractivity (Wildman–Crippen MR) is 178 cm³/mol. The number of anilines is 1. The van der Waals surface area contributed by atoms with Gasteiger partial charge < -0.3 is 29.4 Å². The molecule has 4 aromatic carbocycles. The van der Waals surface area contributed by atoms with Gasteiger partial charge in [0, 0.05) is 54.6 Å². The average Bonchev–Trinajstić information content (AvgIpc) is 3.09. The topological polar surface area (TPSA) is 127 Å². The van der Waals surface area contributed by atoms with E-state index in [2.05, 4.69) is 25.7 Å². The Hall–Kier alpha value is -5.46. The molecule has 0 radical (unpaired) electrons. The number of hydrazone groups is 1. The van der Waals surface area contributed by atoms with Gasteiger partial charge in [-0.2, -0.15) is 5.10 Å². The van der Waals surface area contributed by atoms with Gasteiger partial charge in [0.2, 0.25) is 0 Å². The normalized spacial score (nSPS) is 13.6. The molecular weight excluding hydrogens is 605 g/mol. The number of hydrogen-bond acceptors (Lipinski definition) is 9. The second-order valence-electron chi connectivity index (χ2n) is 10.8. The Kier molecular flexibility index (Phi) is 9.90. The smallest absolute Gasteiger partial charge is 0.339 e. The van der Waals surface area contributed by atoms with E-state index >= 15 is 4.39 Å². The first kappa shape index (κ1) is 31.5. The summed E-state index contributed by atoms with van der Waals surface area (Å²) in [5.74, 6) is 0.724. The van der Waals surface area contributed by atoms with E-state index in [0.717, 1.165) is 56.1 Å². The lowest BCUT2D eigenvalue weighted by molar-refractivity contribution is 0.0357. The molecule has 0 unspecified atom stereocenters. The van der Waals surface area contributed by atoms with Gasteiger partial charge >= 0.3 is 6.03 Å². The SMILES string of the molecule is COc1cc2c(Oc3ccc(NC(=O)N/N=C/c4c(O)ccc5ccccc45)cc3F)ccnc2cc1OCCCN1CCOCC1. The number of benzene rings is 4. The van der Waals surface area contributed by atoms with Crippen molar-refractivity contribution in [3.63, 3.8) is 0 Å². The molecule has 3 N–H and O–H groups in total. The van der Waals surface area contributed by atoms with Crippen molar-refractivity contribution in [2.75, 3.05) is 51.9 Å². The molecule has 0 atom stereocenters. The standard InChI is InChI=1S/C35H34FN5O6/c1-44-33-20-26-29(21-34(33)46-16-4-13-41-14-17-45-18-15-41)37-12-11-31(26)47-32-10-8-24(19-28(32)36)39-35(43)40-38-22-27-25-6-3-2-5-23(25)7-9-30(27)42/h2-3,5-12,19-22,42H,4,13-18H2,1H3,(H2,39,40,43)/b38-22+. The molecule has 1 fully saturated rings. The van der Waals surface area contributed by atoms with Crippen LogP contribution < -0.4 is 25.0 Å². The second kappa shape index (κ2) is 14.8. The number of ether oxygens (including phenoxy) is 4. The fourth-order valence-corrected chi connectivity index (χ4v) is 5.30. The zero-order chi connectivity index (χ0) is 32.6. The minimum atomic E-state index is -0.694. The summed E-state index contributed by atoms with van der Waals surface area (Å²) in [4.78, 5) is 19.2. The number of carbonyl (C=O) groups excluding carboxylic acids is 1. The number of fused-ring (bicyclic) bond motifs is 2. The van der Waals surface area contributed by atoms with Gasteiger partial charge in [-0.1, -0.05) is 30.3 Å². The van der Waals surface area contributed by atoms with Crippen LogP contribution in [0.1, 0.15) is 12.0 Å². The highest BCUT2D eigenvalue weighted by Gasteiger charge is 2.15. The van der Waals surface area contributed by atoms with Crippen LogP contribution in [-0.4, -0.2) is 73.8 Å². The summed E-state index contributed by atoms with van der Waals surface area (Å²) in [5, 5.41) is 19.0. The van der Waals surface area contributed by atoms with Crippen molar-refractivity contribution in [2.24, 2.45) is 5.10 Å². The molecule has 47 heavy (non-hydrogen) atoms. The minimum Gasteiger partial charge on any atom is -0.507 e. The van der Waals surface area contributed by atoms with Crippen LogP contribution in [0.3, 0.4) is 0 Å². The molecule has 12 heteroatoms. The molecule has 1 aliphatic rings. The van der Waals surface area contributed by atoms with Gasteiger partial charge in [-0.3, -0.25) is 9.88 Å². The monoisotopic (exact) mass is 639 g/mol. The maximum absolute atomic E-state index is 15.1. The first-order chi connectivity index (χ1) is 23.0. The zero-order valence-electron chi connectivity index (χ0n) is 25.7. The third kappa shape index (κ3) is 7.68. The number of aromatic hydroxyl groups is 1. The van der Waals surface area contributed by atoms with Crippen LogP contribution in [0.5, 0.6) is 28.7 Å². The van der Waals surface area contributed by atoms with Crippen LogP contribution in [0.25, 0.3) is 21.7 Å². The summed E-state index contributed by atoms with van der Waals surface area (Å²) < 4.78 is 38.1. The maximum Gasteiger partial charge on any atom is 0.339 e. The molecule has 11 nitrogen and oxygen atoms in total. The number of rotatable bonds is 11. The molecule has 0 bridgehead atoms. The number of amides is 2. The summed E-state index contributed by atoms with van der Waals surface area (Å²) in [7, 11) is 1.55. The Morgan fingerprint density at radius 3 is 2.70 bits per heavy atom. The van der Waals surface area contributed by atoms with Gasteiger partial charge in [-0.05, 0) is 47.5 Å². The van der Waals surface area contributed by atoms with Crippen LogP contribution in [0, 0.1) is 5.82 Å². The molecule has 5 aromatic rings. The zero-order valence-corrected chi connectivity index (χ0v) is 25.7. The third-order valence-electron chi connectivity index (χ3n) is 7.68. The molecule has 2 amide bonds. The van der Waals surface area contributed by atoms with Gasteiger partial charge in [-0.25, -0.2) is 14.6 Å². The molecule has 1 aliphatic heterocycles. The van der Waals surface area contributed by atoms with Crippen LogP contribution in [-0.2, 0) is 4.74 Å². The molecule has 0 spiro atoms. The number of phenols is 1. The molecule has 1 saturated heterocycles. The van der Waals surface area contributed by atoms with Gasteiger partial charge in [0.05, 0.1) is 38.7 Å². The number of nitrogens with one attached hydrogen (secondary N) is 2. The van der Waals surface area contributed by atoms with E-state index in [1.54, 1.807) is 43.6 Å². The highest BCUT2D eigenvalue weighted by atomic mass is 19.1. The average molecular weight is 640 g/mol. The van der Waals surface area contributed by atoms with Crippen molar-refractivity contribution in [1.29, 1.82) is 0 Å². The van der Waals surface area contributed by atoms with Gasteiger partial charge in [-0.15, -0.1) is 0 Å². The molecule has 1 aromatic heterocycles. The second-order valence-corrected chi connectivity index (χ2v) is 10.8. The van der Waals surface area contributed by atoms with Crippen molar-refractivity contribution in [3.8, 4) is 28.7 Å². The number of urea groups is 1. The first-order valence-corrected chi connectivity index (χ1v) is 15.2. The summed E-state index contributed by atoms with van der Waals surface area (Å²) in [5.41, 5.74) is 3.57. The number of aromatic nitrogens is 1. The van der Waals surface area contributed by atoms with E-state index in [1.165, 1.54) is 18.3 Å². The number of morpholine rings is 1. The van der Waals surface area contributed by atoms with E-state index < -0.39 is 11.8 Å². The van der Waals surface area contributed by atoms with E-state index in [-0.39, 0.29) is 17.2 Å². The number of phenolic OH excluding ortho intramolecular Hbond substituents is 1. The molecule has 6 rings (SSSR count). The van der Waals surface area contributed by atoms with Crippen LogP contribution in [0.2, 0.25) is 0 Å². The summed E-state index contributed by atoms with van der Waals surface area (Å²) in [6.07, 6.45) is 3.78. The number of methoxy groups -OCH3 is 1. The number of pyridine rings is 1. The fraction of sp³-hybridized carbons (Fsp3) is 0.229. The van der Waals surface area contributed by atoms with Crippen LogP contribution in [0.4, 0.5) is 14.9 Å². The van der Waals surface area contributed by atoms with Gasteiger partial charge in [0.25, 0.3) is 0 Å². The Morgan fingerprint density at radius 1 is 1.02 bits per heavy atom. The van der Waals surface area contributed by atoms with Crippen molar-refractivity contribution < 1.29 is 33.2 Å². The largest absolute Gasteiger partial charge is 0.507 e. The van der Waals surface area contributed by atoms with Crippen molar-refractivity contribution in [3.05, 3.63) is 90.4 Å². The van der Waals surface area contributed by atoms with E-state index in [4.69, 9.17) is 18.9 Å². The third-order valence-corrected chi connectivity index (χ3v) is 7.68. The summed E-state index contributed by atoms with van der Waals surface area (Å²) in [6.45, 7) is 4.80. The van der Waals surface area contributed by atoms with Crippen molar-refractivity contribution in [1.82, 2.24) is 15.3 Å². The Bertz CT molecular complexity index is 1910. The molecular formula is C35H34FN5O6. The lowest BCUT2D eigenvalue weighted by Crippen LogP contribution is -2.37. The van der Waals surface area contributed by atoms with Crippen molar-refractivity contribution >= 4 is 39.6 Å². The quantitative estimate of drug-likeness (QED) is 0.0875. The summed E-state index contributed by atoms with van der Waals surface area (Å²) in [6, 6.07) is 19.4. The number of halogens is 1. The predicted octanol–water partition coefficient (Wildman–Crippen LogP) is 6.29. The molecule has 242 valence electrons. The highest BCUT2D eigenvalue weighted by Crippen LogP contribution is 2.38. The lowest BCUT2D eigenvalue weighted by atomic mass is 10.0. The van der Waals surface area contributed by atoms with E-state index in [0.29, 0.717) is 40.3 Å². The molecule has 2 heterocycles. The molecule has 0 aliphatic carbocycles. The Morgan fingerprint density at radius 2 is 1.87 bits per heavy atom. The van der Waals surface area contributed by atoms with Gasteiger partial charge in [0.1, 0.15) is 11.5 Å². The maximum atomic E-state index is 15.1. The Labute approximate surface area is 270 Å². The van der Waals surface area contributed by atoms with Crippen molar-refractivity contribution in [2.45, 2.75) is 6.42 Å². The van der Waals surface area contributed by atoms with Crippen LogP contribution >= 0.6 is 0 Å². The highest BCUT2D eigenvalue weighted by molar-refractivity contribution is 6.02. The summed E-state index contributed by atoms with van der Waals surface area (Å²) >= 11 is 0.